The van der Waals surface area contributed by atoms with Crippen molar-refractivity contribution >= 4 is 0 Å². The molecule has 90 valence electrons. The molecule has 2 rings (SSSR count). The van der Waals surface area contributed by atoms with Crippen LogP contribution in [-0.2, 0) is 6.42 Å². The third-order valence-corrected chi connectivity index (χ3v) is 2.68. The van der Waals surface area contributed by atoms with Gasteiger partial charge in [-0.3, -0.25) is 0 Å². The molecular weight excluding hydrogens is 217 g/mol. The van der Waals surface area contributed by atoms with Gasteiger partial charge in [-0.15, -0.1) is 0 Å². The molecule has 4 heteroatoms. The van der Waals surface area contributed by atoms with Crippen molar-refractivity contribution in [3.63, 3.8) is 0 Å². The molecule has 17 heavy (non-hydrogen) atoms. The quantitative estimate of drug-likeness (QED) is 0.805. The number of unbranched alkanes of at least 4 members (excludes halogenated alkanes) is 1. The molecule has 0 amide bonds. The lowest BCUT2D eigenvalue weighted by Crippen LogP contribution is -2.01. The summed E-state index contributed by atoms with van der Waals surface area (Å²) in [5.41, 5.74) is 6.92. The fourth-order valence-electron chi connectivity index (χ4n) is 1.78. The standard InChI is InChI=1S/C13H16FN3/c14-12-10-11(4-1-2-7-15)5-6-13(12)17-9-3-8-16-17/h3,5-6,8-10H,1-2,4,7,15H2. The lowest BCUT2D eigenvalue weighted by molar-refractivity contribution is 0.607. The molecule has 0 atom stereocenters. The third-order valence-electron chi connectivity index (χ3n) is 2.68. The van der Waals surface area contributed by atoms with E-state index in [0.717, 1.165) is 24.8 Å². The van der Waals surface area contributed by atoms with Crippen LogP contribution in [0.5, 0.6) is 0 Å². The summed E-state index contributed by atoms with van der Waals surface area (Å²) in [6, 6.07) is 7.05. The van der Waals surface area contributed by atoms with Crippen molar-refractivity contribution in [1.29, 1.82) is 0 Å². The van der Waals surface area contributed by atoms with Crippen LogP contribution in [0, 0.1) is 5.82 Å². The van der Waals surface area contributed by atoms with Gasteiger partial charge in [0.15, 0.2) is 0 Å². The minimum atomic E-state index is -0.237. The Labute approximate surface area is 100 Å². The number of halogens is 1. The molecule has 0 aliphatic heterocycles. The zero-order valence-electron chi connectivity index (χ0n) is 9.64. The van der Waals surface area contributed by atoms with E-state index in [2.05, 4.69) is 5.10 Å². The van der Waals surface area contributed by atoms with Crippen LogP contribution in [0.2, 0.25) is 0 Å². The summed E-state index contributed by atoms with van der Waals surface area (Å²) in [5, 5.41) is 4.01. The van der Waals surface area contributed by atoms with E-state index in [0.29, 0.717) is 12.2 Å². The Balaban J connectivity index is 2.12. The van der Waals surface area contributed by atoms with Crippen LogP contribution in [-0.4, -0.2) is 16.3 Å². The maximum absolute atomic E-state index is 13.8. The average molecular weight is 233 g/mol. The van der Waals surface area contributed by atoms with Crippen molar-refractivity contribution in [1.82, 2.24) is 9.78 Å². The van der Waals surface area contributed by atoms with Gasteiger partial charge < -0.3 is 5.73 Å². The molecule has 0 bridgehead atoms. The lowest BCUT2D eigenvalue weighted by atomic mass is 10.1. The van der Waals surface area contributed by atoms with Gasteiger partial charge in [0.2, 0.25) is 0 Å². The number of rotatable bonds is 5. The summed E-state index contributed by atoms with van der Waals surface area (Å²) in [7, 11) is 0. The maximum Gasteiger partial charge on any atom is 0.149 e. The molecule has 0 saturated carbocycles. The van der Waals surface area contributed by atoms with E-state index in [1.54, 1.807) is 30.6 Å². The summed E-state index contributed by atoms with van der Waals surface area (Å²) < 4.78 is 15.4. The van der Waals surface area contributed by atoms with Gasteiger partial charge in [-0.1, -0.05) is 6.07 Å². The number of aromatic nitrogens is 2. The highest BCUT2D eigenvalue weighted by Crippen LogP contribution is 2.15. The third kappa shape index (κ3) is 2.91. The van der Waals surface area contributed by atoms with Gasteiger partial charge in [0, 0.05) is 12.4 Å². The lowest BCUT2D eigenvalue weighted by Gasteiger charge is -2.06. The van der Waals surface area contributed by atoms with Crippen molar-refractivity contribution in [2.45, 2.75) is 19.3 Å². The molecule has 0 aliphatic carbocycles. The van der Waals surface area contributed by atoms with Crippen molar-refractivity contribution < 1.29 is 4.39 Å². The van der Waals surface area contributed by atoms with Crippen LogP contribution in [0.15, 0.2) is 36.7 Å². The molecule has 0 radical (unpaired) electrons. The van der Waals surface area contributed by atoms with Gasteiger partial charge in [0.25, 0.3) is 0 Å². The number of benzene rings is 1. The number of hydrogen-bond acceptors (Lipinski definition) is 2. The Bertz CT molecular complexity index is 466. The summed E-state index contributed by atoms with van der Waals surface area (Å²) >= 11 is 0. The Hall–Kier alpha value is -1.68. The number of aryl methyl sites for hydroxylation is 1. The van der Waals surface area contributed by atoms with Crippen LogP contribution >= 0.6 is 0 Å². The van der Waals surface area contributed by atoms with Crippen molar-refractivity contribution in [2.24, 2.45) is 5.73 Å². The zero-order chi connectivity index (χ0) is 12.1. The summed E-state index contributed by atoms with van der Waals surface area (Å²) in [6.07, 6.45) is 6.20. The predicted octanol–water partition coefficient (Wildman–Crippen LogP) is 2.29. The van der Waals surface area contributed by atoms with Crippen LogP contribution in [0.3, 0.4) is 0 Å². The fraction of sp³-hybridized carbons (Fsp3) is 0.308. The topological polar surface area (TPSA) is 43.8 Å². The molecule has 0 unspecified atom stereocenters. The minimum absolute atomic E-state index is 0.237. The minimum Gasteiger partial charge on any atom is -0.330 e. The molecule has 1 heterocycles. The highest BCUT2D eigenvalue weighted by Gasteiger charge is 2.05. The summed E-state index contributed by atoms with van der Waals surface area (Å²) in [5.74, 6) is -0.237. The van der Waals surface area contributed by atoms with Gasteiger partial charge in [-0.2, -0.15) is 5.10 Å². The number of nitrogens with two attached hydrogens (primary N) is 1. The number of nitrogens with zero attached hydrogens (tertiary/aromatic N) is 2. The van der Waals surface area contributed by atoms with Gasteiger partial charge in [0.05, 0.1) is 0 Å². The predicted molar refractivity (Wildman–Crippen MR) is 65.5 cm³/mol. The van der Waals surface area contributed by atoms with Gasteiger partial charge in [-0.05, 0) is 49.6 Å². The summed E-state index contributed by atoms with van der Waals surface area (Å²) in [6.45, 7) is 0.688. The molecule has 3 nitrogen and oxygen atoms in total. The first-order valence-electron chi connectivity index (χ1n) is 5.80. The largest absolute Gasteiger partial charge is 0.330 e. The van der Waals surface area contributed by atoms with E-state index in [1.807, 2.05) is 6.07 Å². The first-order chi connectivity index (χ1) is 8.31. The molecule has 1 aromatic heterocycles. The van der Waals surface area contributed by atoms with Crippen LogP contribution in [0.1, 0.15) is 18.4 Å². The second kappa shape index (κ2) is 5.59. The molecule has 2 N–H and O–H groups in total. The Kier molecular flexibility index (Phi) is 3.88. The Morgan fingerprint density at radius 3 is 2.82 bits per heavy atom. The first kappa shape index (κ1) is 11.8. The van der Waals surface area contributed by atoms with E-state index in [1.165, 1.54) is 4.68 Å². The molecular formula is C13H16FN3. The van der Waals surface area contributed by atoms with E-state index in [4.69, 9.17) is 5.73 Å². The van der Waals surface area contributed by atoms with Crippen molar-refractivity contribution in [2.75, 3.05) is 6.54 Å². The first-order valence-corrected chi connectivity index (χ1v) is 5.80. The van der Waals surface area contributed by atoms with E-state index >= 15 is 0 Å². The van der Waals surface area contributed by atoms with Gasteiger partial charge in [-0.25, -0.2) is 9.07 Å². The van der Waals surface area contributed by atoms with Crippen LogP contribution in [0.25, 0.3) is 5.69 Å². The SMILES string of the molecule is NCCCCc1ccc(-n2cccn2)c(F)c1. The van der Waals surface area contributed by atoms with Crippen molar-refractivity contribution in [3.8, 4) is 5.69 Å². The molecule has 2 aromatic rings. The molecule has 0 spiro atoms. The highest BCUT2D eigenvalue weighted by atomic mass is 19.1. The second-order valence-corrected chi connectivity index (χ2v) is 3.98. The monoisotopic (exact) mass is 233 g/mol. The van der Waals surface area contributed by atoms with Crippen LogP contribution < -0.4 is 5.73 Å². The second-order valence-electron chi connectivity index (χ2n) is 3.98. The molecule has 0 aliphatic rings. The fourth-order valence-corrected chi connectivity index (χ4v) is 1.78. The zero-order valence-corrected chi connectivity index (χ0v) is 9.64. The normalized spacial score (nSPS) is 10.7. The smallest absolute Gasteiger partial charge is 0.149 e. The maximum atomic E-state index is 13.8. The molecule has 1 aromatic carbocycles. The van der Waals surface area contributed by atoms with Gasteiger partial charge in [0.1, 0.15) is 11.5 Å². The highest BCUT2D eigenvalue weighted by molar-refractivity contribution is 5.35. The Morgan fingerprint density at radius 2 is 2.18 bits per heavy atom. The summed E-state index contributed by atoms with van der Waals surface area (Å²) in [4.78, 5) is 0. The van der Waals surface area contributed by atoms with E-state index in [9.17, 15) is 4.39 Å². The van der Waals surface area contributed by atoms with Gasteiger partial charge >= 0.3 is 0 Å². The van der Waals surface area contributed by atoms with E-state index < -0.39 is 0 Å². The number of hydrogen-bond donors (Lipinski definition) is 1. The Morgan fingerprint density at radius 1 is 1.29 bits per heavy atom. The van der Waals surface area contributed by atoms with E-state index in [-0.39, 0.29) is 5.82 Å². The molecule has 0 fully saturated rings. The van der Waals surface area contributed by atoms with Crippen molar-refractivity contribution in [3.05, 3.63) is 48.0 Å². The average Bonchev–Trinajstić information content (AvgIpc) is 2.83. The van der Waals surface area contributed by atoms with Crippen LogP contribution in [0.4, 0.5) is 4.39 Å². The molecule has 0 saturated heterocycles.